The Balaban J connectivity index is 2.02. The van der Waals surface area contributed by atoms with Crippen molar-refractivity contribution in [1.29, 1.82) is 0 Å². The summed E-state index contributed by atoms with van der Waals surface area (Å²) in [4.78, 5) is 14.9. The van der Waals surface area contributed by atoms with E-state index in [0.717, 1.165) is 25.9 Å². The summed E-state index contributed by atoms with van der Waals surface area (Å²) < 4.78 is 0. The van der Waals surface area contributed by atoms with Crippen molar-refractivity contribution in [2.75, 3.05) is 18.4 Å². The largest absolute Gasteiger partial charge is 0.478 e. The summed E-state index contributed by atoms with van der Waals surface area (Å²) >= 11 is 0. The second kappa shape index (κ2) is 4.94. The maximum atomic E-state index is 10.8. The van der Waals surface area contributed by atoms with Crippen LogP contribution in [0.25, 0.3) is 0 Å². The molecule has 1 fully saturated rings. The molecule has 1 aliphatic heterocycles. The second-order valence-electron chi connectivity index (χ2n) is 3.92. The number of carboxylic acid groups (broad SMARTS) is 1. The first-order chi connectivity index (χ1) is 7.75. The van der Waals surface area contributed by atoms with Crippen LogP contribution in [0.1, 0.15) is 23.2 Å². The van der Waals surface area contributed by atoms with Gasteiger partial charge in [-0.05, 0) is 31.5 Å². The molecule has 1 aliphatic rings. The Bertz CT molecular complexity index is 375. The van der Waals surface area contributed by atoms with Crippen LogP contribution in [0.15, 0.2) is 18.3 Å². The van der Waals surface area contributed by atoms with E-state index >= 15 is 0 Å². The maximum absolute atomic E-state index is 10.8. The van der Waals surface area contributed by atoms with Crippen LogP contribution in [0.3, 0.4) is 0 Å². The molecule has 0 radical (unpaired) electrons. The molecule has 5 nitrogen and oxygen atoms in total. The van der Waals surface area contributed by atoms with E-state index < -0.39 is 5.97 Å². The first-order valence-electron chi connectivity index (χ1n) is 5.42. The molecule has 0 aliphatic carbocycles. The summed E-state index contributed by atoms with van der Waals surface area (Å²) in [5.41, 5.74) is 0.265. The Labute approximate surface area is 93.9 Å². The van der Waals surface area contributed by atoms with Gasteiger partial charge in [0.05, 0.1) is 5.56 Å². The lowest BCUT2D eigenvalue weighted by atomic mass is 10.1. The predicted molar refractivity (Wildman–Crippen MR) is 60.7 cm³/mol. The summed E-state index contributed by atoms with van der Waals surface area (Å²) in [7, 11) is 0. The van der Waals surface area contributed by atoms with Gasteiger partial charge in [-0.1, -0.05) is 0 Å². The summed E-state index contributed by atoms with van der Waals surface area (Å²) in [6.45, 7) is 1.96. The number of nitrogens with one attached hydrogen (secondary N) is 2. The van der Waals surface area contributed by atoms with Crippen molar-refractivity contribution >= 4 is 11.8 Å². The van der Waals surface area contributed by atoms with Crippen molar-refractivity contribution in [3.63, 3.8) is 0 Å². The smallest absolute Gasteiger partial charge is 0.335 e. The SMILES string of the molecule is O=C(O)c1ccnc(NC2CCCNC2)c1. The molecule has 0 spiro atoms. The van der Waals surface area contributed by atoms with E-state index in [-0.39, 0.29) is 5.56 Å². The molecule has 5 heteroatoms. The molecule has 2 heterocycles. The minimum Gasteiger partial charge on any atom is -0.478 e. The monoisotopic (exact) mass is 221 g/mol. The molecule has 0 amide bonds. The van der Waals surface area contributed by atoms with E-state index in [1.807, 2.05) is 0 Å². The highest BCUT2D eigenvalue weighted by atomic mass is 16.4. The third-order valence-corrected chi connectivity index (χ3v) is 2.66. The average Bonchev–Trinajstić information content (AvgIpc) is 2.30. The van der Waals surface area contributed by atoms with Crippen LogP contribution in [0.5, 0.6) is 0 Å². The standard InChI is InChI=1S/C11H15N3O2/c15-11(16)8-3-5-13-10(6-8)14-9-2-1-4-12-7-9/h3,5-6,9,12H,1-2,4,7H2,(H,13,14)(H,15,16). The molecule has 1 saturated heterocycles. The van der Waals surface area contributed by atoms with Crippen molar-refractivity contribution in [3.05, 3.63) is 23.9 Å². The highest BCUT2D eigenvalue weighted by Crippen LogP contribution is 2.11. The highest BCUT2D eigenvalue weighted by molar-refractivity contribution is 5.88. The molecule has 0 saturated carbocycles. The molecule has 0 bridgehead atoms. The third kappa shape index (κ3) is 2.70. The van der Waals surface area contributed by atoms with Crippen LogP contribution in [0.4, 0.5) is 5.82 Å². The van der Waals surface area contributed by atoms with Gasteiger partial charge in [0.15, 0.2) is 0 Å². The lowest BCUT2D eigenvalue weighted by Gasteiger charge is -2.24. The molecule has 86 valence electrons. The average molecular weight is 221 g/mol. The summed E-state index contributed by atoms with van der Waals surface area (Å²) in [6.07, 6.45) is 3.74. The third-order valence-electron chi connectivity index (χ3n) is 2.66. The van der Waals surface area contributed by atoms with Gasteiger partial charge >= 0.3 is 5.97 Å². The molecule has 1 unspecified atom stereocenters. The van der Waals surface area contributed by atoms with Crippen molar-refractivity contribution in [2.24, 2.45) is 0 Å². The first-order valence-corrected chi connectivity index (χ1v) is 5.42. The molecule has 16 heavy (non-hydrogen) atoms. The number of pyridine rings is 1. The van der Waals surface area contributed by atoms with E-state index in [1.165, 1.54) is 12.3 Å². The Morgan fingerprint density at radius 1 is 1.62 bits per heavy atom. The number of aromatic nitrogens is 1. The molecular formula is C11H15N3O2. The fourth-order valence-corrected chi connectivity index (χ4v) is 1.83. The fraction of sp³-hybridized carbons (Fsp3) is 0.455. The molecule has 1 aromatic rings. The summed E-state index contributed by atoms with van der Waals surface area (Å²) in [5.74, 6) is -0.291. The van der Waals surface area contributed by atoms with Crippen LogP contribution in [0.2, 0.25) is 0 Å². The highest BCUT2D eigenvalue weighted by Gasteiger charge is 2.13. The number of nitrogens with zero attached hydrogens (tertiary/aromatic N) is 1. The van der Waals surface area contributed by atoms with Gasteiger partial charge in [-0.3, -0.25) is 0 Å². The fourth-order valence-electron chi connectivity index (χ4n) is 1.83. The number of carbonyl (C=O) groups is 1. The van der Waals surface area contributed by atoms with E-state index in [2.05, 4.69) is 15.6 Å². The molecule has 0 aromatic carbocycles. The van der Waals surface area contributed by atoms with Gasteiger partial charge in [0, 0.05) is 18.8 Å². The van der Waals surface area contributed by atoms with Gasteiger partial charge < -0.3 is 15.7 Å². The Morgan fingerprint density at radius 3 is 3.19 bits per heavy atom. The number of hydrogen-bond acceptors (Lipinski definition) is 4. The summed E-state index contributed by atoms with van der Waals surface area (Å²) in [5, 5.41) is 15.4. The van der Waals surface area contributed by atoms with Crippen LogP contribution >= 0.6 is 0 Å². The topological polar surface area (TPSA) is 74.2 Å². The van der Waals surface area contributed by atoms with Gasteiger partial charge in [-0.25, -0.2) is 9.78 Å². The van der Waals surface area contributed by atoms with E-state index in [9.17, 15) is 4.79 Å². The van der Waals surface area contributed by atoms with Gasteiger partial charge in [0.25, 0.3) is 0 Å². The molecule has 1 atom stereocenters. The first kappa shape index (κ1) is 10.9. The van der Waals surface area contributed by atoms with E-state index in [0.29, 0.717) is 11.9 Å². The van der Waals surface area contributed by atoms with Crippen molar-refractivity contribution < 1.29 is 9.90 Å². The van der Waals surface area contributed by atoms with E-state index in [4.69, 9.17) is 5.11 Å². The zero-order valence-electron chi connectivity index (χ0n) is 8.94. The lowest BCUT2D eigenvalue weighted by Crippen LogP contribution is -2.38. The maximum Gasteiger partial charge on any atom is 0.335 e. The number of piperidine rings is 1. The molecule has 3 N–H and O–H groups in total. The quantitative estimate of drug-likeness (QED) is 0.708. The zero-order valence-corrected chi connectivity index (χ0v) is 8.94. The normalized spacial score (nSPS) is 20.4. The van der Waals surface area contributed by atoms with Gasteiger partial charge in [0.2, 0.25) is 0 Å². The zero-order chi connectivity index (χ0) is 11.4. The Morgan fingerprint density at radius 2 is 2.50 bits per heavy atom. The van der Waals surface area contributed by atoms with Crippen LogP contribution in [0, 0.1) is 0 Å². The number of carboxylic acids is 1. The van der Waals surface area contributed by atoms with Crippen LogP contribution in [-0.4, -0.2) is 35.2 Å². The predicted octanol–water partition coefficient (Wildman–Crippen LogP) is 0.944. The lowest BCUT2D eigenvalue weighted by molar-refractivity contribution is 0.0697. The van der Waals surface area contributed by atoms with Gasteiger partial charge in [-0.2, -0.15) is 0 Å². The van der Waals surface area contributed by atoms with Crippen LogP contribution in [-0.2, 0) is 0 Å². The minimum atomic E-state index is -0.924. The number of rotatable bonds is 3. The van der Waals surface area contributed by atoms with Gasteiger partial charge in [0.1, 0.15) is 5.82 Å². The Hall–Kier alpha value is -1.62. The molecule has 2 rings (SSSR count). The Kier molecular flexibility index (Phi) is 3.36. The van der Waals surface area contributed by atoms with E-state index in [1.54, 1.807) is 6.07 Å². The van der Waals surface area contributed by atoms with Gasteiger partial charge in [-0.15, -0.1) is 0 Å². The molecular weight excluding hydrogens is 206 g/mol. The van der Waals surface area contributed by atoms with Crippen LogP contribution < -0.4 is 10.6 Å². The minimum absolute atomic E-state index is 0.265. The number of aromatic carboxylic acids is 1. The second-order valence-corrected chi connectivity index (χ2v) is 3.92. The van der Waals surface area contributed by atoms with Crippen molar-refractivity contribution in [3.8, 4) is 0 Å². The van der Waals surface area contributed by atoms with Crippen molar-refractivity contribution in [2.45, 2.75) is 18.9 Å². The number of hydrogen-bond donors (Lipinski definition) is 3. The number of anilines is 1. The molecule has 1 aromatic heterocycles. The summed E-state index contributed by atoms with van der Waals surface area (Å²) in [6, 6.07) is 3.40. The van der Waals surface area contributed by atoms with Crippen molar-refractivity contribution in [1.82, 2.24) is 10.3 Å².